The van der Waals surface area contributed by atoms with E-state index < -0.39 is 11.6 Å². The molecule has 0 aromatic heterocycles. The number of hydrogen-bond acceptors (Lipinski definition) is 5. The third-order valence-electron chi connectivity index (χ3n) is 4.68. The van der Waals surface area contributed by atoms with Gasteiger partial charge in [0.25, 0.3) is 0 Å². The summed E-state index contributed by atoms with van der Waals surface area (Å²) in [5, 5.41) is 19.7. The Bertz CT molecular complexity index is 1020. The minimum absolute atomic E-state index is 0. The van der Waals surface area contributed by atoms with Gasteiger partial charge in [-0.05, 0) is 30.3 Å². The zero-order chi connectivity index (χ0) is 17.2. The number of ether oxygens (including phenoxy) is 2. The number of carbonyl (C=O) groups excluding carboxylic acids is 1. The SMILES string of the molecule is O=C1OC2(c3ccc(O)cc3Oc3cc(O)ccc32)c2ccccc21.[H-].[H-].[Na+].[Na+]. The molecule has 0 amide bonds. The second kappa shape index (κ2) is 7.17. The molecule has 0 saturated carbocycles. The van der Waals surface area contributed by atoms with E-state index in [4.69, 9.17) is 9.47 Å². The predicted octanol–water partition coefficient (Wildman–Crippen LogP) is -2.10. The summed E-state index contributed by atoms with van der Waals surface area (Å²) in [6, 6.07) is 16.6. The molecule has 5 nitrogen and oxygen atoms in total. The van der Waals surface area contributed by atoms with E-state index in [0.717, 1.165) is 0 Å². The Morgan fingerprint density at radius 1 is 0.778 bits per heavy atom. The first kappa shape index (κ1) is 20.3. The molecule has 0 radical (unpaired) electrons. The minimum atomic E-state index is -1.17. The summed E-state index contributed by atoms with van der Waals surface area (Å²) in [6.07, 6.45) is 0. The van der Waals surface area contributed by atoms with Gasteiger partial charge in [-0.2, -0.15) is 0 Å². The van der Waals surface area contributed by atoms with Gasteiger partial charge in [-0.15, -0.1) is 0 Å². The van der Waals surface area contributed by atoms with Crippen LogP contribution in [0.1, 0.15) is 29.9 Å². The third-order valence-corrected chi connectivity index (χ3v) is 4.68. The molecule has 3 aromatic rings. The average molecular weight is 380 g/mol. The molecule has 0 fully saturated rings. The fraction of sp³-hybridized carbons (Fsp3) is 0.0500. The second-order valence-electron chi connectivity index (χ2n) is 6.08. The van der Waals surface area contributed by atoms with Crippen molar-refractivity contribution in [2.75, 3.05) is 0 Å². The number of aromatic hydroxyl groups is 2. The van der Waals surface area contributed by atoms with Gasteiger partial charge < -0.3 is 22.5 Å². The van der Waals surface area contributed by atoms with Crippen LogP contribution in [0.3, 0.4) is 0 Å². The number of phenolic OH excluding ortho intramolecular Hbond substituents is 2. The summed E-state index contributed by atoms with van der Waals surface area (Å²) < 4.78 is 11.8. The quantitative estimate of drug-likeness (QED) is 0.345. The van der Waals surface area contributed by atoms with Crippen LogP contribution in [0, 0.1) is 0 Å². The Morgan fingerprint density at radius 3 is 1.93 bits per heavy atom. The van der Waals surface area contributed by atoms with Crippen LogP contribution < -0.4 is 63.9 Å². The van der Waals surface area contributed by atoms with E-state index in [1.54, 1.807) is 24.3 Å². The maximum atomic E-state index is 12.5. The smallest absolute Gasteiger partial charge is 1.00 e. The Kier molecular flexibility index (Phi) is 5.38. The molecule has 0 saturated heterocycles. The van der Waals surface area contributed by atoms with Gasteiger partial charge in [0.2, 0.25) is 0 Å². The molecule has 27 heavy (non-hydrogen) atoms. The van der Waals surface area contributed by atoms with Crippen molar-refractivity contribution in [3.05, 3.63) is 82.9 Å². The molecule has 2 aliphatic heterocycles. The number of phenols is 2. The fourth-order valence-corrected chi connectivity index (χ4v) is 3.65. The normalized spacial score (nSPS) is 14.6. The first-order valence-corrected chi connectivity index (χ1v) is 7.77. The zero-order valence-corrected chi connectivity index (χ0v) is 18.9. The molecule has 0 atom stereocenters. The second-order valence-corrected chi connectivity index (χ2v) is 6.08. The monoisotopic (exact) mass is 380 g/mol. The molecular weight excluding hydrogens is 366 g/mol. The number of carbonyl (C=O) groups is 1. The van der Waals surface area contributed by atoms with Crippen molar-refractivity contribution in [1.82, 2.24) is 0 Å². The van der Waals surface area contributed by atoms with Crippen molar-refractivity contribution in [3.8, 4) is 23.0 Å². The Balaban J connectivity index is 0.00000105. The van der Waals surface area contributed by atoms with Crippen molar-refractivity contribution in [2.24, 2.45) is 0 Å². The predicted molar refractivity (Wildman–Crippen MR) is 90.3 cm³/mol. The molecule has 0 aliphatic carbocycles. The minimum Gasteiger partial charge on any atom is -1.00 e. The Hall–Kier alpha value is -1.47. The average Bonchev–Trinajstić information content (AvgIpc) is 2.88. The standard InChI is InChI=1S/C20H12O5.2Na.2H/c21-11-5-7-15-17(9-11)24-18-10-12(22)6-8-16(18)20(15)14-4-2-1-3-13(14)19(23)25-20;;;;/h1-10,21-22H;;;;/q;2*+1;2*-1. The van der Waals surface area contributed by atoms with E-state index in [1.807, 2.05) is 12.1 Å². The van der Waals surface area contributed by atoms with Gasteiger partial charge in [-0.3, -0.25) is 0 Å². The zero-order valence-electron chi connectivity index (χ0n) is 16.9. The molecule has 2 heterocycles. The van der Waals surface area contributed by atoms with Crippen LogP contribution in [-0.4, -0.2) is 16.2 Å². The number of hydrogen-bond donors (Lipinski definition) is 2. The van der Waals surface area contributed by atoms with E-state index >= 15 is 0 Å². The topological polar surface area (TPSA) is 76.0 Å². The summed E-state index contributed by atoms with van der Waals surface area (Å²) in [4.78, 5) is 12.5. The van der Waals surface area contributed by atoms with E-state index in [2.05, 4.69) is 0 Å². The van der Waals surface area contributed by atoms with Gasteiger partial charge in [0.15, 0.2) is 5.60 Å². The molecule has 0 unspecified atom stereocenters. The molecule has 126 valence electrons. The first-order valence-electron chi connectivity index (χ1n) is 7.77. The van der Waals surface area contributed by atoms with E-state index in [-0.39, 0.29) is 73.5 Å². The van der Waals surface area contributed by atoms with Gasteiger partial charge >= 0.3 is 65.1 Å². The maximum Gasteiger partial charge on any atom is 1.00 e. The summed E-state index contributed by atoms with van der Waals surface area (Å²) >= 11 is 0. The van der Waals surface area contributed by atoms with Crippen molar-refractivity contribution >= 4 is 5.97 Å². The summed E-state index contributed by atoms with van der Waals surface area (Å²) in [5.74, 6) is 0.408. The Labute approximate surface area is 202 Å². The van der Waals surface area contributed by atoms with E-state index in [9.17, 15) is 15.0 Å². The summed E-state index contributed by atoms with van der Waals surface area (Å²) in [6.45, 7) is 0. The molecule has 7 heteroatoms. The summed E-state index contributed by atoms with van der Waals surface area (Å²) in [7, 11) is 0. The molecular formula is C20H14Na2O5. The number of fused-ring (bicyclic) bond motifs is 6. The largest absolute Gasteiger partial charge is 1.00 e. The van der Waals surface area contributed by atoms with Gasteiger partial charge in [-0.25, -0.2) is 4.79 Å². The van der Waals surface area contributed by atoms with Crippen molar-refractivity contribution in [1.29, 1.82) is 0 Å². The molecule has 3 aromatic carbocycles. The van der Waals surface area contributed by atoms with E-state index in [1.165, 1.54) is 24.3 Å². The van der Waals surface area contributed by atoms with Crippen molar-refractivity contribution < 1.29 is 86.4 Å². The first-order chi connectivity index (χ1) is 12.1. The molecule has 2 aliphatic rings. The molecule has 1 spiro atoms. The summed E-state index contributed by atoms with van der Waals surface area (Å²) in [5.41, 5.74) is 1.28. The van der Waals surface area contributed by atoms with Crippen LogP contribution in [0.15, 0.2) is 60.7 Å². The van der Waals surface area contributed by atoms with Crippen LogP contribution >= 0.6 is 0 Å². The maximum absolute atomic E-state index is 12.5. The van der Waals surface area contributed by atoms with Crippen LogP contribution in [0.25, 0.3) is 0 Å². The number of benzene rings is 3. The number of esters is 1. The molecule has 0 bridgehead atoms. The van der Waals surface area contributed by atoms with Gasteiger partial charge in [0, 0.05) is 28.8 Å². The van der Waals surface area contributed by atoms with Crippen LogP contribution in [0.2, 0.25) is 0 Å². The van der Waals surface area contributed by atoms with Gasteiger partial charge in [-0.1, -0.05) is 18.2 Å². The number of rotatable bonds is 0. The van der Waals surface area contributed by atoms with Crippen LogP contribution in [0.4, 0.5) is 0 Å². The molecule has 5 rings (SSSR count). The van der Waals surface area contributed by atoms with E-state index in [0.29, 0.717) is 33.8 Å². The van der Waals surface area contributed by atoms with Crippen LogP contribution in [0.5, 0.6) is 23.0 Å². The van der Waals surface area contributed by atoms with Crippen molar-refractivity contribution in [2.45, 2.75) is 5.60 Å². The van der Waals surface area contributed by atoms with Gasteiger partial charge in [0.1, 0.15) is 23.0 Å². The van der Waals surface area contributed by atoms with Crippen molar-refractivity contribution in [3.63, 3.8) is 0 Å². The fourth-order valence-electron chi connectivity index (χ4n) is 3.65. The van der Waals surface area contributed by atoms with Gasteiger partial charge in [0.05, 0.1) is 5.56 Å². The molecule has 2 N–H and O–H groups in total. The van der Waals surface area contributed by atoms with Crippen LogP contribution in [-0.2, 0) is 10.3 Å². The third kappa shape index (κ3) is 2.81. The Morgan fingerprint density at radius 2 is 1.33 bits per heavy atom.